The standard InChI is InChI=1S/C14H18N2O2/c1-3-14(4-2)13(17)12(16)10-7-9(8-15)5-6-11(10)18-14/h5-7,12-13,17H,3-4,16H2,1-2H3/t12-,13+/m0/s1. The Hall–Kier alpha value is -1.57. The molecule has 0 aliphatic carbocycles. The van der Waals surface area contributed by atoms with Crippen LogP contribution in [0.25, 0.3) is 0 Å². The summed E-state index contributed by atoms with van der Waals surface area (Å²) in [5.74, 6) is 0.676. The summed E-state index contributed by atoms with van der Waals surface area (Å²) in [6, 6.07) is 6.72. The van der Waals surface area contributed by atoms with Gasteiger partial charge >= 0.3 is 0 Å². The molecule has 1 aliphatic rings. The van der Waals surface area contributed by atoms with E-state index < -0.39 is 17.7 Å². The van der Waals surface area contributed by atoms with Crippen LogP contribution >= 0.6 is 0 Å². The minimum absolute atomic E-state index is 0.512. The third-order valence-electron chi connectivity index (χ3n) is 3.89. The first-order valence-corrected chi connectivity index (χ1v) is 6.24. The lowest BCUT2D eigenvalue weighted by Crippen LogP contribution is -2.54. The molecule has 0 amide bonds. The summed E-state index contributed by atoms with van der Waals surface area (Å²) in [7, 11) is 0. The zero-order valence-corrected chi connectivity index (χ0v) is 10.7. The van der Waals surface area contributed by atoms with Gasteiger partial charge in [-0.3, -0.25) is 0 Å². The summed E-state index contributed by atoms with van der Waals surface area (Å²) in [4.78, 5) is 0. The molecule has 0 saturated carbocycles. The molecule has 0 unspecified atom stereocenters. The van der Waals surface area contributed by atoms with Gasteiger partial charge in [0.25, 0.3) is 0 Å². The lowest BCUT2D eigenvalue weighted by Gasteiger charge is -2.44. The maximum atomic E-state index is 10.4. The molecule has 1 heterocycles. The molecule has 1 aliphatic heterocycles. The fourth-order valence-corrected chi connectivity index (χ4v) is 2.56. The smallest absolute Gasteiger partial charge is 0.136 e. The van der Waals surface area contributed by atoms with Crippen LogP contribution < -0.4 is 10.5 Å². The molecule has 4 heteroatoms. The second-order valence-electron chi connectivity index (χ2n) is 4.71. The molecule has 1 aromatic rings. The number of aliphatic hydroxyl groups excluding tert-OH is 1. The Morgan fingerprint density at radius 2 is 2.11 bits per heavy atom. The van der Waals surface area contributed by atoms with E-state index in [0.717, 1.165) is 0 Å². The summed E-state index contributed by atoms with van der Waals surface area (Å²) >= 11 is 0. The molecular formula is C14H18N2O2. The number of nitriles is 1. The quantitative estimate of drug-likeness (QED) is 0.835. The van der Waals surface area contributed by atoms with Crippen molar-refractivity contribution >= 4 is 0 Å². The van der Waals surface area contributed by atoms with E-state index in [9.17, 15) is 5.11 Å². The first-order valence-electron chi connectivity index (χ1n) is 6.24. The normalized spacial score (nSPS) is 24.8. The first kappa shape index (κ1) is 12.9. The van der Waals surface area contributed by atoms with Crippen molar-refractivity contribution in [2.24, 2.45) is 5.73 Å². The van der Waals surface area contributed by atoms with Crippen LogP contribution in [0.3, 0.4) is 0 Å². The third-order valence-corrected chi connectivity index (χ3v) is 3.89. The summed E-state index contributed by atoms with van der Waals surface area (Å²) in [5.41, 5.74) is 6.71. The molecule has 96 valence electrons. The van der Waals surface area contributed by atoms with Crippen LogP contribution in [0.1, 0.15) is 43.9 Å². The SMILES string of the molecule is CCC1(CC)Oc2ccc(C#N)cc2[C@H](N)[C@H]1O. The maximum Gasteiger partial charge on any atom is 0.136 e. The van der Waals surface area contributed by atoms with Gasteiger partial charge in [-0.05, 0) is 31.0 Å². The molecule has 0 saturated heterocycles. The molecule has 0 radical (unpaired) electrons. The van der Waals surface area contributed by atoms with Crippen molar-refractivity contribution in [2.45, 2.75) is 44.4 Å². The topological polar surface area (TPSA) is 79.3 Å². The van der Waals surface area contributed by atoms with Gasteiger partial charge in [-0.25, -0.2) is 0 Å². The second-order valence-corrected chi connectivity index (χ2v) is 4.71. The van der Waals surface area contributed by atoms with E-state index in [0.29, 0.717) is 29.7 Å². The predicted octanol–water partition coefficient (Wildman–Crippen LogP) is 1.87. The Morgan fingerprint density at radius 1 is 1.44 bits per heavy atom. The highest BCUT2D eigenvalue weighted by Crippen LogP contribution is 2.42. The van der Waals surface area contributed by atoms with E-state index in [4.69, 9.17) is 15.7 Å². The number of nitrogens with two attached hydrogens (primary N) is 1. The van der Waals surface area contributed by atoms with Crippen molar-refractivity contribution in [3.05, 3.63) is 29.3 Å². The Labute approximate surface area is 107 Å². The zero-order chi connectivity index (χ0) is 13.3. The minimum atomic E-state index is -0.756. The Bertz CT molecular complexity index is 489. The van der Waals surface area contributed by atoms with E-state index in [1.807, 2.05) is 13.8 Å². The monoisotopic (exact) mass is 246 g/mol. The number of fused-ring (bicyclic) bond motifs is 1. The Morgan fingerprint density at radius 3 is 2.67 bits per heavy atom. The van der Waals surface area contributed by atoms with E-state index in [-0.39, 0.29) is 0 Å². The minimum Gasteiger partial charge on any atom is -0.484 e. The zero-order valence-electron chi connectivity index (χ0n) is 10.7. The molecule has 0 bridgehead atoms. The van der Waals surface area contributed by atoms with E-state index in [1.165, 1.54) is 0 Å². The number of rotatable bonds is 2. The van der Waals surface area contributed by atoms with E-state index >= 15 is 0 Å². The summed E-state index contributed by atoms with van der Waals surface area (Å²) in [5, 5.41) is 19.3. The highest BCUT2D eigenvalue weighted by atomic mass is 16.5. The van der Waals surface area contributed by atoms with Crippen LogP contribution in [-0.4, -0.2) is 16.8 Å². The van der Waals surface area contributed by atoms with Gasteiger partial charge in [-0.2, -0.15) is 5.26 Å². The van der Waals surface area contributed by atoms with Crippen molar-refractivity contribution in [2.75, 3.05) is 0 Å². The molecule has 3 N–H and O–H groups in total. The van der Waals surface area contributed by atoms with Crippen molar-refractivity contribution in [1.82, 2.24) is 0 Å². The van der Waals surface area contributed by atoms with Crippen LogP contribution in [0.2, 0.25) is 0 Å². The molecule has 2 atom stereocenters. The molecule has 0 aromatic heterocycles. The third kappa shape index (κ3) is 1.76. The van der Waals surface area contributed by atoms with Crippen molar-refractivity contribution < 1.29 is 9.84 Å². The number of benzene rings is 1. The van der Waals surface area contributed by atoms with Gasteiger partial charge < -0.3 is 15.6 Å². The largest absolute Gasteiger partial charge is 0.484 e. The highest BCUT2D eigenvalue weighted by molar-refractivity contribution is 5.46. The van der Waals surface area contributed by atoms with Gasteiger partial charge in [0.05, 0.1) is 17.7 Å². The molecule has 1 aromatic carbocycles. The van der Waals surface area contributed by atoms with E-state index in [1.54, 1.807) is 18.2 Å². The summed E-state index contributed by atoms with van der Waals surface area (Å²) in [6.07, 6.45) is 0.629. The summed E-state index contributed by atoms with van der Waals surface area (Å²) in [6.45, 7) is 3.96. The van der Waals surface area contributed by atoms with Crippen LogP contribution in [-0.2, 0) is 0 Å². The van der Waals surface area contributed by atoms with Crippen molar-refractivity contribution in [1.29, 1.82) is 5.26 Å². The molecular weight excluding hydrogens is 228 g/mol. The van der Waals surface area contributed by atoms with Gasteiger partial charge in [0.2, 0.25) is 0 Å². The average Bonchev–Trinajstić information content (AvgIpc) is 2.42. The molecule has 2 rings (SSSR count). The highest BCUT2D eigenvalue weighted by Gasteiger charge is 2.45. The summed E-state index contributed by atoms with van der Waals surface area (Å²) < 4.78 is 5.96. The fraction of sp³-hybridized carbons (Fsp3) is 0.500. The predicted molar refractivity (Wildman–Crippen MR) is 68.0 cm³/mol. The number of ether oxygens (including phenoxy) is 1. The Balaban J connectivity index is 2.50. The van der Waals surface area contributed by atoms with Crippen LogP contribution in [0.5, 0.6) is 5.75 Å². The molecule has 4 nitrogen and oxygen atoms in total. The lowest BCUT2D eigenvalue weighted by molar-refractivity contribution is -0.0858. The number of aliphatic hydroxyl groups is 1. The molecule has 0 fully saturated rings. The van der Waals surface area contributed by atoms with Crippen LogP contribution in [0, 0.1) is 11.3 Å². The van der Waals surface area contributed by atoms with Crippen LogP contribution in [0.4, 0.5) is 0 Å². The Kier molecular flexibility index (Phi) is 3.29. The van der Waals surface area contributed by atoms with E-state index in [2.05, 4.69) is 6.07 Å². The molecule has 18 heavy (non-hydrogen) atoms. The second kappa shape index (κ2) is 4.60. The maximum absolute atomic E-state index is 10.4. The average molecular weight is 246 g/mol. The number of hydrogen-bond acceptors (Lipinski definition) is 4. The van der Waals surface area contributed by atoms with Gasteiger partial charge in [0, 0.05) is 5.56 Å². The van der Waals surface area contributed by atoms with Gasteiger partial charge in [0.1, 0.15) is 17.5 Å². The number of nitrogens with zero attached hydrogens (tertiary/aromatic N) is 1. The lowest BCUT2D eigenvalue weighted by atomic mass is 9.81. The first-order chi connectivity index (χ1) is 8.57. The van der Waals surface area contributed by atoms with Gasteiger partial charge in [-0.15, -0.1) is 0 Å². The fourth-order valence-electron chi connectivity index (χ4n) is 2.56. The van der Waals surface area contributed by atoms with Crippen LogP contribution in [0.15, 0.2) is 18.2 Å². The van der Waals surface area contributed by atoms with Gasteiger partial charge in [0.15, 0.2) is 0 Å². The van der Waals surface area contributed by atoms with Crippen molar-refractivity contribution in [3.8, 4) is 11.8 Å². The number of hydrogen-bond donors (Lipinski definition) is 2. The van der Waals surface area contributed by atoms with Gasteiger partial charge in [-0.1, -0.05) is 13.8 Å². The molecule has 0 spiro atoms. The van der Waals surface area contributed by atoms with Crippen molar-refractivity contribution in [3.63, 3.8) is 0 Å².